The summed E-state index contributed by atoms with van der Waals surface area (Å²) in [4.78, 5) is 50.6. The molecule has 0 heterocycles. The molecule has 0 spiro atoms. The predicted octanol–water partition coefficient (Wildman–Crippen LogP) is 13.5. The first-order valence-corrected chi connectivity index (χ1v) is 21.9. The summed E-state index contributed by atoms with van der Waals surface area (Å²) in [5.41, 5.74) is 10.3. The van der Waals surface area contributed by atoms with Gasteiger partial charge in [-0.3, -0.25) is 0 Å². The minimum atomic E-state index is -1.07. The first-order chi connectivity index (χ1) is 33.0. The van der Waals surface area contributed by atoms with Crippen LogP contribution in [-0.2, 0) is 0 Å². The zero-order valence-electron chi connectivity index (χ0n) is 36.4. The third-order valence-electron chi connectivity index (χ3n) is 12.4. The van der Waals surface area contributed by atoms with Gasteiger partial charge in [0.15, 0.2) is 0 Å². The number of carboxylic acid groups (broad SMARTS) is 4. The van der Waals surface area contributed by atoms with E-state index in [0.29, 0.717) is 22.3 Å². The molecule has 0 saturated heterocycles. The van der Waals surface area contributed by atoms with Crippen LogP contribution < -0.4 is 0 Å². The van der Waals surface area contributed by atoms with E-state index in [-0.39, 0.29) is 22.3 Å². The Morgan fingerprint density at radius 1 is 0.250 bits per heavy atom. The monoisotopic (exact) mass is 890 g/mol. The van der Waals surface area contributed by atoms with E-state index in [9.17, 15) is 39.6 Å². The van der Waals surface area contributed by atoms with Crippen LogP contribution in [0.5, 0.6) is 0 Å². The Kier molecular flexibility index (Phi) is 12.4. The van der Waals surface area contributed by atoms with Crippen LogP contribution in [0.3, 0.4) is 0 Å². The van der Waals surface area contributed by atoms with Crippen LogP contribution in [0.15, 0.2) is 218 Å². The summed E-state index contributed by atoms with van der Waals surface area (Å²) in [5.74, 6) is -5.32. The molecule has 0 aromatic heterocycles. The molecule has 9 aromatic carbocycles. The van der Waals surface area contributed by atoms with Crippen LogP contribution >= 0.6 is 0 Å². The fraction of sp³-hybridized carbons (Fsp3) is 0.0333. The zero-order chi connectivity index (χ0) is 47.3. The number of aromatic carboxylic acids is 4. The van der Waals surface area contributed by atoms with Crippen LogP contribution in [0.1, 0.15) is 86.6 Å². The predicted molar refractivity (Wildman–Crippen MR) is 264 cm³/mol. The molecule has 0 aliphatic carbocycles. The second-order valence-electron chi connectivity index (χ2n) is 16.4. The fourth-order valence-electron chi connectivity index (χ4n) is 9.17. The van der Waals surface area contributed by atoms with Gasteiger partial charge in [-0.15, -0.1) is 0 Å². The molecular weight excluding hydrogens is 849 g/mol. The summed E-state index contributed by atoms with van der Waals surface area (Å²) >= 11 is 0. The number of carbonyl (C=O) groups is 4. The van der Waals surface area contributed by atoms with E-state index in [2.05, 4.69) is 0 Å². The molecular formula is C60H42O8. The summed E-state index contributed by atoms with van der Waals surface area (Å²) in [7, 11) is 0. The second-order valence-corrected chi connectivity index (χ2v) is 16.4. The Balaban J connectivity index is 1.26. The van der Waals surface area contributed by atoms with Crippen molar-refractivity contribution >= 4 is 23.9 Å². The summed E-state index contributed by atoms with van der Waals surface area (Å²) < 4.78 is 0. The normalized spacial score (nSPS) is 11.1. The molecule has 8 nitrogen and oxygen atoms in total. The second kappa shape index (κ2) is 19.1. The van der Waals surface area contributed by atoms with E-state index in [1.54, 1.807) is 48.5 Å². The topological polar surface area (TPSA) is 149 Å². The Bertz CT molecular complexity index is 2900. The van der Waals surface area contributed by atoms with Gasteiger partial charge in [-0.25, -0.2) is 19.2 Å². The lowest BCUT2D eigenvalue weighted by atomic mass is 9.79. The van der Waals surface area contributed by atoms with Gasteiger partial charge in [0.1, 0.15) is 0 Å². The highest BCUT2D eigenvalue weighted by Crippen LogP contribution is 2.42. The molecule has 0 radical (unpaired) electrons. The van der Waals surface area contributed by atoms with Crippen molar-refractivity contribution in [2.75, 3.05) is 0 Å². The molecule has 0 atom stereocenters. The molecule has 0 fully saturated rings. The average molecular weight is 891 g/mol. The zero-order valence-corrected chi connectivity index (χ0v) is 36.4. The van der Waals surface area contributed by atoms with E-state index >= 15 is 0 Å². The third-order valence-corrected chi connectivity index (χ3v) is 12.4. The van der Waals surface area contributed by atoms with E-state index < -0.39 is 35.7 Å². The number of benzene rings is 9. The third kappa shape index (κ3) is 8.94. The number of hydrogen-bond donors (Lipinski definition) is 4. The van der Waals surface area contributed by atoms with Gasteiger partial charge >= 0.3 is 23.9 Å². The molecule has 0 aliphatic rings. The van der Waals surface area contributed by atoms with Crippen molar-refractivity contribution < 1.29 is 39.6 Å². The molecule has 68 heavy (non-hydrogen) atoms. The minimum Gasteiger partial charge on any atom is -0.478 e. The maximum atomic E-state index is 12.6. The van der Waals surface area contributed by atoms with Crippen LogP contribution in [-0.4, -0.2) is 44.3 Å². The molecule has 4 N–H and O–H groups in total. The summed E-state index contributed by atoms with van der Waals surface area (Å²) in [6.45, 7) is 0. The molecule has 330 valence electrons. The first kappa shape index (κ1) is 44.1. The smallest absolute Gasteiger partial charge is 0.336 e. The quantitative estimate of drug-likeness (QED) is 0.0789. The molecule has 0 amide bonds. The lowest BCUT2D eigenvalue weighted by molar-refractivity contribution is 0.0687. The highest BCUT2D eigenvalue weighted by Gasteiger charge is 2.26. The number of rotatable bonds is 14. The van der Waals surface area contributed by atoms with Crippen molar-refractivity contribution in [3.8, 4) is 44.5 Å². The maximum Gasteiger partial charge on any atom is 0.336 e. The minimum absolute atomic E-state index is 0.135. The average Bonchev–Trinajstić information content (AvgIpc) is 3.37. The van der Waals surface area contributed by atoms with Gasteiger partial charge in [-0.1, -0.05) is 170 Å². The van der Waals surface area contributed by atoms with Crippen molar-refractivity contribution in [3.05, 3.63) is 274 Å². The maximum absolute atomic E-state index is 12.6. The van der Waals surface area contributed by atoms with Crippen LogP contribution in [0.25, 0.3) is 44.5 Å². The lowest BCUT2D eigenvalue weighted by Crippen LogP contribution is -2.10. The van der Waals surface area contributed by atoms with Gasteiger partial charge in [0.25, 0.3) is 0 Å². The molecule has 0 aliphatic heterocycles. The highest BCUT2D eigenvalue weighted by molar-refractivity contribution is 5.99. The van der Waals surface area contributed by atoms with Crippen molar-refractivity contribution in [3.63, 3.8) is 0 Å². The summed E-state index contributed by atoms with van der Waals surface area (Å²) in [6, 6.07) is 66.4. The SMILES string of the molecule is O=C(O)c1ccc(C(c2ccc(C(c3ccc(C(=O)O)c(-c4ccccc4)c3)c3ccc(C(=O)O)c(-c4ccccc4)c3)cc2)c2ccc(C(=O)O)c(-c3ccccc3)c2)cc1-c1ccccc1. The van der Waals surface area contributed by atoms with Gasteiger partial charge < -0.3 is 20.4 Å². The standard InChI is InChI=1S/C60H42O8/c61-57(62)47-29-25-43(33-51(47)37-13-5-1-6-14-37)55(44-26-30-48(58(63)64)52(34-44)38-15-7-2-8-16-38)41-21-23-42(24-22-41)56(45-27-31-49(59(65)66)53(35-45)39-17-9-3-10-18-39)46-28-32-50(60(67)68)54(36-46)40-19-11-4-12-20-40/h1-36,55-56H,(H,61,62)(H,63,64)(H,65,66)(H,67,68). The lowest BCUT2D eigenvalue weighted by Gasteiger charge is -2.25. The van der Waals surface area contributed by atoms with E-state index in [4.69, 9.17) is 0 Å². The van der Waals surface area contributed by atoms with Crippen LogP contribution in [0, 0.1) is 0 Å². The Morgan fingerprint density at radius 3 is 0.632 bits per heavy atom. The van der Waals surface area contributed by atoms with Gasteiger partial charge in [-0.05, 0) is 126 Å². The Morgan fingerprint density at radius 2 is 0.441 bits per heavy atom. The summed E-state index contributed by atoms with van der Waals surface area (Å²) in [6.07, 6.45) is 0. The highest BCUT2D eigenvalue weighted by atomic mass is 16.4. The number of carboxylic acids is 4. The van der Waals surface area contributed by atoms with E-state index in [1.807, 2.05) is 170 Å². The molecule has 8 heteroatoms. The van der Waals surface area contributed by atoms with Crippen LogP contribution in [0.2, 0.25) is 0 Å². The molecule has 9 rings (SSSR count). The first-order valence-electron chi connectivity index (χ1n) is 21.9. The summed E-state index contributed by atoms with van der Waals surface area (Å²) in [5, 5.41) is 41.4. The molecule has 0 bridgehead atoms. The molecule has 0 saturated carbocycles. The molecule has 0 unspecified atom stereocenters. The van der Waals surface area contributed by atoms with E-state index in [1.165, 1.54) is 0 Å². The van der Waals surface area contributed by atoms with Crippen LogP contribution in [0.4, 0.5) is 0 Å². The molecule has 9 aromatic rings. The van der Waals surface area contributed by atoms with Crippen molar-refractivity contribution in [2.45, 2.75) is 11.8 Å². The van der Waals surface area contributed by atoms with Gasteiger partial charge in [-0.2, -0.15) is 0 Å². The Labute approximate surface area is 392 Å². The van der Waals surface area contributed by atoms with Gasteiger partial charge in [0, 0.05) is 11.8 Å². The van der Waals surface area contributed by atoms with Gasteiger partial charge in [0.05, 0.1) is 22.3 Å². The fourth-order valence-corrected chi connectivity index (χ4v) is 9.17. The Hall–Kier alpha value is -9.14. The van der Waals surface area contributed by atoms with Crippen molar-refractivity contribution in [1.82, 2.24) is 0 Å². The van der Waals surface area contributed by atoms with Crippen molar-refractivity contribution in [2.24, 2.45) is 0 Å². The largest absolute Gasteiger partial charge is 0.478 e. The van der Waals surface area contributed by atoms with Gasteiger partial charge in [0.2, 0.25) is 0 Å². The van der Waals surface area contributed by atoms with Crippen molar-refractivity contribution in [1.29, 1.82) is 0 Å². The number of hydrogen-bond acceptors (Lipinski definition) is 4. The van der Waals surface area contributed by atoms with E-state index in [0.717, 1.165) is 55.6 Å².